The highest BCUT2D eigenvalue weighted by atomic mass is 32.1. The highest BCUT2D eigenvalue weighted by Crippen LogP contribution is 2.14. The number of nitrogens with zero attached hydrogens (tertiary/aromatic N) is 1. The van der Waals surface area contributed by atoms with Gasteiger partial charge in [0.25, 0.3) is 0 Å². The summed E-state index contributed by atoms with van der Waals surface area (Å²) in [6.45, 7) is 0.872. The number of hydrogen-bond acceptors (Lipinski definition) is 2. The fourth-order valence-electron chi connectivity index (χ4n) is 1.22. The van der Waals surface area contributed by atoms with Gasteiger partial charge in [0.15, 0.2) is 0 Å². The van der Waals surface area contributed by atoms with Crippen molar-refractivity contribution in [3.05, 3.63) is 0 Å². The van der Waals surface area contributed by atoms with Gasteiger partial charge in [0, 0.05) is 6.54 Å². The van der Waals surface area contributed by atoms with E-state index in [1.807, 2.05) is 4.90 Å². The Bertz CT molecular complexity index is 160. The molecule has 1 fully saturated rings. The number of likely N-dealkylation sites (tertiary alicyclic amines) is 1. The minimum absolute atomic E-state index is 0.141. The van der Waals surface area contributed by atoms with Gasteiger partial charge >= 0.3 is 0 Å². The number of carbonyl (C=O) groups excluding carboxylic acids is 1. The highest BCUT2D eigenvalue weighted by Gasteiger charge is 2.25. The maximum atomic E-state index is 10.7. The molecule has 1 heterocycles. The van der Waals surface area contributed by atoms with Gasteiger partial charge in [-0.15, -0.1) is 0 Å². The lowest BCUT2D eigenvalue weighted by molar-refractivity contribution is -0.121. The van der Waals surface area contributed by atoms with Crippen LogP contribution in [0.4, 0.5) is 0 Å². The summed E-state index contributed by atoms with van der Waals surface area (Å²) in [4.78, 5) is 12.5. The van der Waals surface area contributed by atoms with E-state index in [-0.39, 0.29) is 11.9 Å². The Balaban J connectivity index is 2.58. The van der Waals surface area contributed by atoms with Gasteiger partial charge in [-0.25, -0.2) is 0 Å². The molecule has 10 heavy (non-hydrogen) atoms. The topological polar surface area (TPSA) is 46.3 Å². The smallest absolute Gasteiger partial charge is 0.240 e. The van der Waals surface area contributed by atoms with E-state index < -0.39 is 0 Å². The first kappa shape index (κ1) is 7.47. The van der Waals surface area contributed by atoms with Crippen molar-refractivity contribution < 1.29 is 4.79 Å². The minimum atomic E-state index is -0.265. The van der Waals surface area contributed by atoms with Gasteiger partial charge in [0.1, 0.15) is 6.04 Å². The van der Waals surface area contributed by atoms with E-state index in [1.165, 1.54) is 5.49 Å². The van der Waals surface area contributed by atoms with E-state index in [2.05, 4.69) is 0 Å². The van der Waals surface area contributed by atoms with E-state index in [1.54, 1.807) is 0 Å². The van der Waals surface area contributed by atoms with Crippen LogP contribution < -0.4 is 5.73 Å². The first-order valence-corrected chi connectivity index (χ1v) is 3.73. The van der Waals surface area contributed by atoms with Gasteiger partial charge in [-0.2, -0.15) is 0 Å². The second kappa shape index (κ2) is 2.96. The van der Waals surface area contributed by atoms with Crippen LogP contribution in [-0.4, -0.2) is 28.9 Å². The summed E-state index contributed by atoms with van der Waals surface area (Å²) < 4.78 is 0. The van der Waals surface area contributed by atoms with Crippen LogP contribution in [0, 0.1) is 0 Å². The fourth-order valence-corrected chi connectivity index (χ4v) is 1.47. The summed E-state index contributed by atoms with van der Waals surface area (Å²) in [5.41, 5.74) is 6.63. The van der Waals surface area contributed by atoms with Crippen LogP contribution in [0.25, 0.3) is 0 Å². The SMILES string of the molecule is NC(=O)C1CCCN1C=S. The summed E-state index contributed by atoms with van der Waals surface area (Å²) in [5.74, 6) is -0.265. The molecule has 0 aromatic heterocycles. The maximum Gasteiger partial charge on any atom is 0.240 e. The zero-order chi connectivity index (χ0) is 7.56. The van der Waals surface area contributed by atoms with Crippen molar-refractivity contribution in [1.29, 1.82) is 0 Å². The van der Waals surface area contributed by atoms with E-state index in [0.29, 0.717) is 0 Å². The molecule has 2 N–H and O–H groups in total. The number of nitrogens with two attached hydrogens (primary N) is 1. The molecule has 0 aromatic carbocycles. The molecule has 1 atom stereocenters. The molecule has 0 spiro atoms. The average molecular weight is 158 g/mol. The van der Waals surface area contributed by atoms with Crippen LogP contribution in [0.15, 0.2) is 0 Å². The van der Waals surface area contributed by atoms with Gasteiger partial charge in [0.2, 0.25) is 5.91 Å². The molecule has 1 aliphatic rings. The Morgan fingerprint density at radius 1 is 1.80 bits per heavy atom. The van der Waals surface area contributed by atoms with Gasteiger partial charge < -0.3 is 10.6 Å². The Morgan fingerprint density at radius 2 is 2.50 bits per heavy atom. The Morgan fingerprint density at radius 3 is 2.90 bits per heavy atom. The molecule has 1 aliphatic heterocycles. The Labute approximate surface area is 65.2 Å². The number of primary amides is 1. The maximum absolute atomic E-state index is 10.7. The number of carbonyl (C=O) groups is 1. The highest BCUT2D eigenvalue weighted by molar-refractivity contribution is 7.78. The zero-order valence-corrected chi connectivity index (χ0v) is 6.43. The largest absolute Gasteiger partial charge is 0.368 e. The van der Waals surface area contributed by atoms with Crippen molar-refractivity contribution in [2.75, 3.05) is 6.54 Å². The van der Waals surface area contributed by atoms with Gasteiger partial charge in [0.05, 0.1) is 5.49 Å². The van der Waals surface area contributed by atoms with Crippen molar-refractivity contribution in [3.63, 3.8) is 0 Å². The molecule has 0 bridgehead atoms. The summed E-state index contributed by atoms with van der Waals surface area (Å²) in [6.07, 6.45) is 1.86. The Hall–Kier alpha value is -0.640. The van der Waals surface area contributed by atoms with Crippen molar-refractivity contribution >= 4 is 23.6 Å². The lowest BCUT2D eigenvalue weighted by Gasteiger charge is -2.17. The van der Waals surface area contributed by atoms with Crippen LogP contribution >= 0.6 is 12.2 Å². The van der Waals surface area contributed by atoms with Crippen LogP contribution in [0.5, 0.6) is 0 Å². The molecule has 1 amide bonds. The summed E-state index contributed by atoms with van der Waals surface area (Å²) in [5, 5.41) is 0. The molecule has 3 nitrogen and oxygen atoms in total. The molecule has 0 radical (unpaired) electrons. The molecule has 4 heteroatoms. The van der Waals surface area contributed by atoms with Crippen LogP contribution in [0.1, 0.15) is 12.8 Å². The third-order valence-electron chi connectivity index (χ3n) is 1.76. The summed E-state index contributed by atoms with van der Waals surface area (Å²) >= 11 is 4.70. The minimum Gasteiger partial charge on any atom is -0.368 e. The molecular weight excluding hydrogens is 148 g/mol. The standard InChI is InChI=1S/C6H10N2OS/c7-6(9)5-2-1-3-8(5)4-10/h4-5H,1-3H2,(H2,7,9). The first-order chi connectivity index (χ1) is 4.75. The second-order valence-electron chi connectivity index (χ2n) is 2.40. The zero-order valence-electron chi connectivity index (χ0n) is 5.62. The van der Waals surface area contributed by atoms with Gasteiger partial charge in [-0.05, 0) is 12.8 Å². The van der Waals surface area contributed by atoms with E-state index in [0.717, 1.165) is 19.4 Å². The van der Waals surface area contributed by atoms with Crippen LogP contribution in [-0.2, 0) is 4.79 Å². The third kappa shape index (κ3) is 1.26. The number of rotatable bonds is 2. The molecule has 1 unspecified atom stereocenters. The average Bonchev–Trinajstić information content (AvgIpc) is 2.33. The predicted octanol–water partition coefficient (Wildman–Crippen LogP) is -0.107. The third-order valence-corrected chi connectivity index (χ3v) is 2.03. The summed E-state index contributed by atoms with van der Waals surface area (Å²) in [6, 6.07) is -0.141. The van der Waals surface area contributed by atoms with Crippen molar-refractivity contribution in [3.8, 4) is 0 Å². The van der Waals surface area contributed by atoms with Crippen molar-refractivity contribution in [2.24, 2.45) is 5.73 Å². The van der Waals surface area contributed by atoms with Gasteiger partial charge in [-0.3, -0.25) is 4.79 Å². The van der Waals surface area contributed by atoms with E-state index in [9.17, 15) is 4.79 Å². The fraction of sp³-hybridized carbons (Fsp3) is 0.667. The molecule has 0 aliphatic carbocycles. The van der Waals surface area contributed by atoms with Crippen LogP contribution in [0.3, 0.4) is 0 Å². The quantitative estimate of drug-likeness (QED) is 0.570. The monoisotopic (exact) mass is 158 g/mol. The van der Waals surface area contributed by atoms with Crippen molar-refractivity contribution in [1.82, 2.24) is 4.90 Å². The van der Waals surface area contributed by atoms with Crippen molar-refractivity contribution in [2.45, 2.75) is 18.9 Å². The Kier molecular flexibility index (Phi) is 2.21. The lowest BCUT2D eigenvalue weighted by Crippen LogP contribution is -2.38. The molecular formula is C6H10N2OS. The number of thiocarbonyl (C=S) groups is 1. The molecule has 0 saturated carbocycles. The second-order valence-corrected chi connectivity index (χ2v) is 2.61. The van der Waals surface area contributed by atoms with E-state index >= 15 is 0 Å². The number of amides is 1. The van der Waals surface area contributed by atoms with E-state index in [4.69, 9.17) is 18.0 Å². The molecule has 1 rings (SSSR count). The normalized spacial score (nSPS) is 24.8. The lowest BCUT2D eigenvalue weighted by atomic mass is 10.2. The predicted molar refractivity (Wildman–Crippen MR) is 42.6 cm³/mol. The summed E-state index contributed by atoms with van der Waals surface area (Å²) in [7, 11) is 0. The molecule has 0 aromatic rings. The molecule has 1 saturated heterocycles. The number of hydrogen-bond donors (Lipinski definition) is 1. The molecule has 56 valence electrons. The van der Waals surface area contributed by atoms with Crippen LogP contribution in [0.2, 0.25) is 0 Å². The van der Waals surface area contributed by atoms with Gasteiger partial charge in [-0.1, -0.05) is 12.2 Å². The first-order valence-electron chi connectivity index (χ1n) is 3.26.